The zero-order valence-electron chi connectivity index (χ0n) is 17.2. The van der Waals surface area contributed by atoms with Crippen molar-refractivity contribution in [3.05, 3.63) is 40.8 Å². The monoisotopic (exact) mass is 421 g/mol. The van der Waals surface area contributed by atoms with Gasteiger partial charge in [0.15, 0.2) is 5.82 Å². The molecule has 1 aromatic heterocycles. The average Bonchev–Trinajstić information content (AvgIpc) is 3.17. The highest BCUT2D eigenvalue weighted by Gasteiger charge is 2.26. The maximum Gasteiger partial charge on any atom is 0.253 e. The summed E-state index contributed by atoms with van der Waals surface area (Å²) in [5.41, 5.74) is 8.10. The van der Waals surface area contributed by atoms with Crippen molar-refractivity contribution in [2.75, 3.05) is 24.3 Å². The number of halogens is 3. The number of anilines is 3. The van der Waals surface area contributed by atoms with E-state index in [9.17, 15) is 8.78 Å². The molecule has 1 aromatic carbocycles. The van der Waals surface area contributed by atoms with Crippen LogP contribution in [0.2, 0.25) is 0 Å². The second kappa shape index (κ2) is 9.34. The quantitative estimate of drug-likeness (QED) is 0.585. The van der Waals surface area contributed by atoms with Gasteiger partial charge in [0.1, 0.15) is 11.6 Å². The van der Waals surface area contributed by atoms with E-state index in [1.807, 2.05) is 6.92 Å². The van der Waals surface area contributed by atoms with Crippen molar-refractivity contribution in [3.63, 3.8) is 0 Å². The molecule has 1 aliphatic heterocycles. The lowest BCUT2D eigenvalue weighted by Gasteiger charge is -2.18. The number of benzene rings is 1. The molecule has 0 amide bonds. The van der Waals surface area contributed by atoms with Gasteiger partial charge in [-0.3, -0.25) is 0 Å². The second-order valence-corrected chi connectivity index (χ2v) is 7.14. The Hall–Kier alpha value is -2.81. The molecule has 0 saturated carbocycles. The molecule has 0 saturated heterocycles. The van der Waals surface area contributed by atoms with Crippen molar-refractivity contribution in [1.82, 2.24) is 9.97 Å². The lowest BCUT2D eigenvalue weighted by atomic mass is 9.94. The van der Waals surface area contributed by atoms with Crippen LogP contribution in [-0.4, -0.2) is 36.1 Å². The van der Waals surface area contributed by atoms with Crippen LogP contribution in [0.5, 0.6) is 5.75 Å². The number of ether oxygens (including phenoxy) is 1. The van der Waals surface area contributed by atoms with Crippen LogP contribution in [0.4, 0.5) is 30.6 Å². The van der Waals surface area contributed by atoms with Crippen molar-refractivity contribution in [2.24, 2.45) is 5.73 Å². The number of nitrogens with one attached hydrogen (secondary N) is 2. The highest BCUT2D eigenvalue weighted by Crippen LogP contribution is 2.41. The highest BCUT2D eigenvalue weighted by atomic mass is 19.3. The fourth-order valence-electron chi connectivity index (χ4n) is 3.42. The average molecular weight is 421 g/mol. The van der Waals surface area contributed by atoms with Gasteiger partial charge in [0.25, 0.3) is 6.43 Å². The van der Waals surface area contributed by atoms with E-state index in [0.717, 1.165) is 11.3 Å². The largest absolute Gasteiger partial charge is 0.492 e. The zero-order valence-corrected chi connectivity index (χ0v) is 17.2. The summed E-state index contributed by atoms with van der Waals surface area (Å²) in [6, 6.07) is 2.19. The predicted molar refractivity (Wildman–Crippen MR) is 112 cm³/mol. The molecule has 1 aliphatic rings. The molecule has 3 rings (SSSR count). The molecule has 1 atom stereocenters. The number of allylic oxidation sites excluding steroid dienone is 2. The number of nitrogens with two attached hydrogens (primary N) is 1. The standard InChI is InChI=1S/C21H26F3N5O/c1-4-12(5-6-14(25)20(23)24)17-18(22)15(10-13-7-8-30-19(13)17)28-21-27-11(2)9-16(26-3)29-21/h4,9-10,14,20H,5-8,25H2,1-3H3,(H2,26,27,28,29)/b12-4+/t14-/m1/s1. The van der Waals surface area contributed by atoms with Crippen LogP contribution in [0.3, 0.4) is 0 Å². The number of rotatable bonds is 8. The van der Waals surface area contributed by atoms with Gasteiger partial charge in [-0.2, -0.15) is 4.98 Å². The van der Waals surface area contributed by atoms with Crippen molar-refractivity contribution < 1.29 is 17.9 Å². The normalized spacial score (nSPS) is 14.5. The molecule has 6 nitrogen and oxygen atoms in total. The molecule has 0 bridgehead atoms. The molecule has 0 unspecified atom stereocenters. The topological polar surface area (TPSA) is 85.1 Å². The maximum atomic E-state index is 15.6. The van der Waals surface area contributed by atoms with Gasteiger partial charge in [0, 0.05) is 30.8 Å². The first-order chi connectivity index (χ1) is 14.3. The number of alkyl halides is 2. The molecule has 0 fully saturated rings. The van der Waals surface area contributed by atoms with Crippen LogP contribution in [0.1, 0.15) is 36.6 Å². The van der Waals surface area contributed by atoms with E-state index in [1.165, 1.54) is 0 Å². The van der Waals surface area contributed by atoms with Crippen LogP contribution >= 0.6 is 0 Å². The Balaban J connectivity index is 1.98. The van der Waals surface area contributed by atoms with Crippen molar-refractivity contribution >= 4 is 23.0 Å². The van der Waals surface area contributed by atoms with Gasteiger partial charge in [0.05, 0.1) is 23.9 Å². The summed E-state index contributed by atoms with van der Waals surface area (Å²) in [5, 5.41) is 5.89. The fourth-order valence-corrected chi connectivity index (χ4v) is 3.42. The summed E-state index contributed by atoms with van der Waals surface area (Å²) in [5.74, 6) is 0.776. The summed E-state index contributed by atoms with van der Waals surface area (Å²) in [6.07, 6.45) is -0.0345. The highest BCUT2D eigenvalue weighted by molar-refractivity contribution is 5.78. The summed E-state index contributed by atoms with van der Waals surface area (Å²) in [6.45, 7) is 3.99. The third-order valence-corrected chi connectivity index (χ3v) is 5.01. The third-order valence-electron chi connectivity index (χ3n) is 5.01. The summed E-state index contributed by atoms with van der Waals surface area (Å²) in [4.78, 5) is 8.62. The molecule has 0 aliphatic carbocycles. The molecule has 162 valence electrons. The lowest BCUT2D eigenvalue weighted by molar-refractivity contribution is 0.113. The lowest BCUT2D eigenvalue weighted by Crippen LogP contribution is -2.28. The Labute approximate surface area is 173 Å². The minimum absolute atomic E-state index is 0.0374. The van der Waals surface area contributed by atoms with Gasteiger partial charge in [-0.25, -0.2) is 18.2 Å². The molecular formula is C21H26F3N5O. The molecule has 9 heteroatoms. The van der Waals surface area contributed by atoms with E-state index in [-0.39, 0.29) is 30.0 Å². The minimum atomic E-state index is -2.62. The van der Waals surface area contributed by atoms with Gasteiger partial charge in [-0.15, -0.1) is 0 Å². The van der Waals surface area contributed by atoms with Crippen LogP contribution < -0.4 is 21.1 Å². The number of aromatic nitrogens is 2. The van der Waals surface area contributed by atoms with Crippen molar-refractivity contribution in [2.45, 2.75) is 45.6 Å². The van der Waals surface area contributed by atoms with E-state index in [1.54, 1.807) is 32.2 Å². The summed E-state index contributed by atoms with van der Waals surface area (Å²) < 4.78 is 46.9. The molecule has 2 heterocycles. The Morgan fingerprint density at radius 3 is 2.77 bits per heavy atom. The van der Waals surface area contributed by atoms with E-state index in [4.69, 9.17) is 10.5 Å². The molecule has 30 heavy (non-hydrogen) atoms. The maximum absolute atomic E-state index is 15.6. The van der Waals surface area contributed by atoms with Crippen molar-refractivity contribution in [1.29, 1.82) is 0 Å². The van der Waals surface area contributed by atoms with E-state index in [0.29, 0.717) is 30.2 Å². The number of fused-ring (bicyclic) bond motifs is 1. The Bertz CT molecular complexity index is 949. The van der Waals surface area contributed by atoms with E-state index in [2.05, 4.69) is 20.6 Å². The Morgan fingerprint density at radius 1 is 1.33 bits per heavy atom. The minimum Gasteiger partial charge on any atom is -0.492 e. The van der Waals surface area contributed by atoms with Crippen molar-refractivity contribution in [3.8, 4) is 5.75 Å². The first-order valence-corrected chi connectivity index (χ1v) is 9.82. The number of nitrogens with zero attached hydrogens (tertiary/aromatic N) is 2. The van der Waals surface area contributed by atoms with Crippen LogP contribution in [0.15, 0.2) is 18.2 Å². The van der Waals surface area contributed by atoms with Crippen LogP contribution in [0, 0.1) is 12.7 Å². The predicted octanol–water partition coefficient (Wildman–Crippen LogP) is 4.42. The summed E-state index contributed by atoms with van der Waals surface area (Å²) >= 11 is 0. The second-order valence-electron chi connectivity index (χ2n) is 7.14. The first kappa shape index (κ1) is 21.9. The first-order valence-electron chi connectivity index (χ1n) is 9.82. The zero-order chi connectivity index (χ0) is 21.8. The SMILES string of the molecule is C/C=C(\CC[C@@H](N)C(F)F)c1c(F)c(Nc2nc(C)cc(NC)n2)cc2c1OCC2. The van der Waals surface area contributed by atoms with Gasteiger partial charge in [-0.05, 0) is 38.3 Å². The van der Waals surface area contributed by atoms with E-state index >= 15 is 4.39 Å². The van der Waals surface area contributed by atoms with Crippen LogP contribution in [0.25, 0.3) is 5.57 Å². The molecular weight excluding hydrogens is 395 g/mol. The summed E-state index contributed by atoms with van der Waals surface area (Å²) in [7, 11) is 1.74. The molecule has 0 radical (unpaired) electrons. The fraction of sp³-hybridized carbons (Fsp3) is 0.429. The molecule has 2 aromatic rings. The molecule has 4 N–H and O–H groups in total. The van der Waals surface area contributed by atoms with Gasteiger partial charge < -0.3 is 21.1 Å². The Kier molecular flexibility index (Phi) is 6.81. The smallest absolute Gasteiger partial charge is 0.253 e. The van der Waals surface area contributed by atoms with Gasteiger partial charge in [0.2, 0.25) is 5.95 Å². The van der Waals surface area contributed by atoms with E-state index < -0.39 is 18.3 Å². The van der Waals surface area contributed by atoms with Gasteiger partial charge in [-0.1, -0.05) is 6.08 Å². The third kappa shape index (κ3) is 4.67. The van der Waals surface area contributed by atoms with Crippen LogP contribution in [-0.2, 0) is 6.42 Å². The number of aryl methyl sites for hydroxylation is 1. The Morgan fingerprint density at radius 2 is 2.10 bits per heavy atom. The number of hydrogen-bond donors (Lipinski definition) is 3. The number of hydrogen-bond acceptors (Lipinski definition) is 6. The molecule has 0 spiro atoms. The van der Waals surface area contributed by atoms with Gasteiger partial charge >= 0.3 is 0 Å².